The predicted octanol–water partition coefficient (Wildman–Crippen LogP) is -0.813. The molecule has 0 aliphatic rings. The Kier molecular flexibility index (Phi) is 12.7. The topological polar surface area (TPSA) is 245 Å². The summed E-state index contributed by atoms with van der Waals surface area (Å²) in [5.74, 6) is -7.33. The molecule has 0 saturated carbocycles. The first-order valence-corrected chi connectivity index (χ1v) is 11.9. The van der Waals surface area contributed by atoms with Gasteiger partial charge in [0.25, 0.3) is 0 Å². The van der Waals surface area contributed by atoms with E-state index in [0.29, 0.717) is 12.0 Å². The average molecular weight is 539 g/mol. The van der Waals surface area contributed by atoms with Gasteiger partial charge in [0.1, 0.15) is 23.9 Å². The third kappa shape index (κ3) is 10.8. The molecule has 0 aliphatic carbocycles. The number of nitrogens with one attached hydrogen (secondary N) is 3. The highest BCUT2D eigenvalue weighted by atomic mass is 16.4. The van der Waals surface area contributed by atoms with Crippen LogP contribution in [0.25, 0.3) is 0 Å². The Bertz CT molecular complexity index is 1010. The Labute approximate surface area is 218 Å². The van der Waals surface area contributed by atoms with E-state index in [1.807, 2.05) is 12.2 Å². The van der Waals surface area contributed by atoms with Gasteiger partial charge in [0.2, 0.25) is 17.7 Å². The monoisotopic (exact) mass is 538 g/mol. The molecule has 3 amide bonds. The Balaban J connectivity index is 3.20. The van der Waals surface area contributed by atoms with Crippen molar-refractivity contribution in [2.24, 2.45) is 11.7 Å². The molecular weight excluding hydrogens is 504 g/mol. The standard InChI is InChI=1S/C24H34N4O10/c1-3-12(2)20(25)23(36)27-16(10-13-4-6-14(29)7-5-13)22(35)26-15(8-9-18(30)31)21(34)28-17(24(37)38)11-19(32)33/h4-7,12,15-17,20,29H,3,8-11,25H2,1-2H3,(H,26,35)(H,27,36)(H,28,34)(H,30,31)(H,32,33)(H,37,38). The number of nitrogens with two attached hydrogens (primary N) is 1. The third-order valence-electron chi connectivity index (χ3n) is 5.84. The molecule has 38 heavy (non-hydrogen) atoms. The molecule has 0 saturated heterocycles. The zero-order chi connectivity index (χ0) is 29.0. The van der Waals surface area contributed by atoms with E-state index in [2.05, 4.69) is 10.6 Å². The van der Waals surface area contributed by atoms with Gasteiger partial charge < -0.3 is 42.1 Å². The number of carboxylic acid groups (broad SMARTS) is 3. The molecule has 5 unspecified atom stereocenters. The van der Waals surface area contributed by atoms with E-state index in [0.717, 1.165) is 0 Å². The van der Waals surface area contributed by atoms with Gasteiger partial charge in [-0.05, 0) is 30.0 Å². The quantitative estimate of drug-likeness (QED) is 0.129. The van der Waals surface area contributed by atoms with Crippen LogP contribution >= 0.6 is 0 Å². The molecule has 14 heteroatoms. The number of hydrogen-bond acceptors (Lipinski definition) is 8. The number of rotatable bonds is 16. The number of carbonyl (C=O) groups is 6. The molecule has 0 aromatic heterocycles. The second-order valence-corrected chi connectivity index (χ2v) is 8.83. The van der Waals surface area contributed by atoms with Gasteiger partial charge in [-0.1, -0.05) is 32.4 Å². The second kappa shape index (κ2) is 15.1. The molecule has 5 atom stereocenters. The van der Waals surface area contributed by atoms with Crippen molar-refractivity contribution in [1.29, 1.82) is 0 Å². The lowest BCUT2D eigenvalue weighted by Gasteiger charge is -2.26. The van der Waals surface area contributed by atoms with Crippen LogP contribution in [0.4, 0.5) is 0 Å². The Morgan fingerprint density at radius 2 is 1.34 bits per heavy atom. The summed E-state index contributed by atoms with van der Waals surface area (Å²) in [6.07, 6.45) is -1.48. The van der Waals surface area contributed by atoms with Crippen LogP contribution in [-0.4, -0.2) is 80.2 Å². The van der Waals surface area contributed by atoms with Gasteiger partial charge in [0.05, 0.1) is 12.5 Å². The Morgan fingerprint density at radius 1 is 0.816 bits per heavy atom. The number of aliphatic carboxylic acids is 3. The minimum atomic E-state index is -1.83. The van der Waals surface area contributed by atoms with Crippen molar-refractivity contribution < 1.29 is 49.2 Å². The summed E-state index contributed by atoms with van der Waals surface area (Å²) in [6.45, 7) is 3.58. The zero-order valence-corrected chi connectivity index (χ0v) is 21.0. The maximum atomic E-state index is 13.2. The zero-order valence-electron chi connectivity index (χ0n) is 21.0. The number of carbonyl (C=O) groups excluding carboxylic acids is 3. The van der Waals surface area contributed by atoms with E-state index < -0.39 is 79.1 Å². The second-order valence-electron chi connectivity index (χ2n) is 8.83. The molecule has 1 rings (SSSR count). The normalized spacial score (nSPS) is 14.7. The van der Waals surface area contributed by atoms with Crippen LogP contribution in [0.1, 0.15) is 45.1 Å². The lowest BCUT2D eigenvalue weighted by molar-refractivity contribution is -0.147. The number of aromatic hydroxyl groups is 1. The van der Waals surface area contributed by atoms with Crippen molar-refractivity contribution >= 4 is 35.6 Å². The number of phenols is 1. The molecule has 9 N–H and O–H groups in total. The van der Waals surface area contributed by atoms with E-state index in [1.54, 1.807) is 6.92 Å². The summed E-state index contributed by atoms with van der Waals surface area (Å²) < 4.78 is 0. The smallest absolute Gasteiger partial charge is 0.326 e. The van der Waals surface area contributed by atoms with Crippen LogP contribution in [0, 0.1) is 5.92 Å². The fourth-order valence-corrected chi connectivity index (χ4v) is 3.31. The Hall–Kier alpha value is -4.20. The number of hydrogen-bond donors (Lipinski definition) is 8. The molecule has 0 fully saturated rings. The highest BCUT2D eigenvalue weighted by molar-refractivity contribution is 5.95. The molecule has 210 valence electrons. The van der Waals surface area contributed by atoms with Crippen molar-refractivity contribution in [1.82, 2.24) is 16.0 Å². The summed E-state index contributed by atoms with van der Waals surface area (Å²) in [4.78, 5) is 72.1. The summed E-state index contributed by atoms with van der Waals surface area (Å²) >= 11 is 0. The van der Waals surface area contributed by atoms with Crippen molar-refractivity contribution in [3.63, 3.8) is 0 Å². The Morgan fingerprint density at radius 3 is 1.84 bits per heavy atom. The average Bonchev–Trinajstić information content (AvgIpc) is 2.85. The van der Waals surface area contributed by atoms with E-state index in [-0.39, 0.29) is 18.1 Å². The van der Waals surface area contributed by atoms with Crippen molar-refractivity contribution in [2.45, 2.75) is 70.1 Å². The maximum Gasteiger partial charge on any atom is 0.326 e. The summed E-state index contributed by atoms with van der Waals surface area (Å²) in [7, 11) is 0. The molecule has 0 heterocycles. The maximum absolute atomic E-state index is 13.2. The minimum Gasteiger partial charge on any atom is -0.508 e. The fraction of sp³-hybridized carbons (Fsp3) is 0.500. The third-order valence-corrected chi connectivity index (χ3v) is 5.84. The summed E-state index contributed by atoms with van der Waals surface area (Å²) in [5.41, 5.74) is 6.50. The largest absolute Gasteiger partial charge is 0.508 e. The first-order valence-electron chi connectivity index (χ1n) is 11.9. The van der Waals surface area contributed by atoms with Crippen molar-refractivity contribution in [2.75, 3.05) is 0 Å². The summed E-state index contributed by atoms with van der Waals surface area (Å²) in [6, 6.07) is 0.137. The van der Waals surface area contributed by atoms with Gasteiger partial charge >= 0.3 is 17.9 Å². The number of amides is 3. The molecule has 14 nitrogen and oxygen atoms in total. The molecule has 0 spiro atoms. The van der Waals surface area contributed by atoms with Crippen molar-refractivity contribution in [3.8, 4) is 5.75 Å². The van der Waals surface area contributed by atoms with E-state index >= 15 is 0 Å². The van der Waals surface area contributed by atoms with Crippen LogP contribution in [0.5, 0.6) is 5.75 Å². The van der Waals surface area contributed by atoms with Gasteiger partial charge in [0, 0.05) is 12.8 Å². The molecule has 0 bridgehead atoms. The molecule has 1 aromatic carbocycles. The minimum absolute atomic E-state index is 0.0302. The molecule has 0 radical (unpaired) electrons. The van der Waals surface area contributed by atoms with Crippen LogP contribution in [0.3, 0.4) is 0 Å². The first kappa shape index (κ1) is 31.8. The fourth-order valence-electron chi connectivity index (χ4n) is 3.31. The van der Waals surface area contributed by atoms with Crippen LogP contribution in [0.2, 0.25) is 0 Å². The van der Waals surface area contributed by atoms with Crippen LogP contribution < -0.4 is 21.7 Å². The number of phenolic OH excluding ortho intramolecular Hbond substituents is 1. The SMILES string of the molecule is CCC(C)C(N)C(=O)NC(Cc1ccc(O)cc1)C(=O)NC(CCC(=O)O)C(=O)NC(CC(=O)O)C(=O)O. The van der Waals surface area contributed by atoms with Gasteiger partial charge in [-0.25, -0.2) is 4.79 Å². The number of benzene rings is 1. The van der Waals surface area contributed by atoms with Gasteiger partial charge in [-0.3, -0.25) is 24.0 Å². The predicted molar refractivity (Wildman–Crippen MR) is 132 cm³/mol. The first-order chi connectivity index (χ1) is 17.7. The van der Waals surface area contributed by atoms with Crippen molar-refractivity contribution in [3.05, 3.63) is 29.8 Å². The lowest BCUT2D eigenvalue weighted by atomic mass is 9.98. The highest BCUT2D eigenvalue weighted by Crippen LogP contribution is 2.13. The van der Waals surface area contributed by atoms with Crippen LogP contribution in [0.15, 0.2) is 24.3 Å². The van der Waals surface area contributed by atoms with E-state index in [1.165, 1.54) is 24.3 Å². The van der Waals surface area contributed by atoms with Crippen LogP contribution in [-0.2, 0) is 35.2 Å². The summed E-state index contributed by atoms with van der Waals surface area (Å²) in [5, 5.41) is 43.5. The molecule has 1 aromatic rings. The highest BCUT2D eigenvalue weighted by Gasteiger charge is 2.32. The van der Waals surface area contributed by atoms with Gasteiger partial charge in [-0.15, -0.1) is 0 Å². The van der Waals surface area contributed by atoms with E-state index in [9.17, 15) is 39.0 Å². The number of carboxylic acids is 3. The van der Waals surface area contributed by atoms with Gasteiger partial charge in [0.15, 0.2) is 0 Å². The lowest BCUT2D eigenvalue weighted by Crippen LogP contribution is -2.58. The molecular formula is C24H34N4O10. The molecule has 0 aliphatic heterocycles. The van der Waals surface area contributed by atoms with Gasteiger partial charge in [-0.2, -0.15) is 0 Å². The van der Waals surface area contributed by atoms with E-state index in [4.69, 9.17) is 15.9 Å².